The van der Waals surface area contributed by atoms with Crippen LogP contribution in [0.25, 0.3) is 10.9 Å². The molecule has 0 fully saturated rings. The molecule has 0 amide bonds. The monoisotopic (exact) mass is 345 g/mol. The molecule has 24 heavy (non-hydrogen) atoms. The zero-order valence-electron chi connectivity index (χ0n) is 13.2. The average molecular weight is 346 g/mol. The number of ketones is 1. The Hall–Kier alpha value is -2.73. The highest BCUT2D eigenvalue weighted by Gasteiger charge is 2.27. The predicted molar refractivity (Wildman–Crippen MR) is 92.6 cm³/mol. The molecular formula is C17H16ClN3O3. The van der Waals surface area contributed by atoms with Gasteiger partial charge in [0.1, 0.15) is 5.69 Å². The van der Waals surface area contributed by atoms with Crippen molar-refractivity contribution in [2.45, 2.75) is 6.92 Å². The molecule has 124 valence electrons. The molecule has 0 radical (unpaired) electrons. The van der Waals surface area contributed by atoms with Crippen LogP contribution in [-0.4, -0.2) is 27.6 Å². The third-order valence-corrected chi connectivity index (χ3v) is 4.05. The van der Waals surface area contributed by atoms with E-state index in [1.54, 1.807) is 55.1 Å². The molecule has 3 rings (SSSR count). The lowest BCUT2D eigenvalue weighted by atomic mass is 10.1. The number of benzene rings is 1. The molecule has 6 nitrogen and oxygen atoms in total. The summed E-state index contributed by atoms with van der Waals surface area (Å²) >= 11 is 6.04. The molecular weight excluding hydrogens is 330 g/mol. The maximum absolute atomic E-state index is 13.0. The molecule has 1 aromatic carbocycles. The molecule has 0 aliphatic heterocycles. The van der Waals surface area contributed by atoms with E-state index in [9.17, 15) is 9.59 Å². The minimum absolute atomic E-state index is 0.0764. The van der Waals surface area contributed by atoms with Crippen LogP contribution in [0.2, 0.25) is 5.02 Å². The van der Waals surface area contributed by atoms with Crippen molar-refractivity contribution in [2.75, 3.05) is 12.3 Å². The van der Waals surface area contributed by atoms with E-state index in [0.29, 0.717) is 21.6 Å². The van der Waals surface area contributed by atoms with E-state index in [1.807, 2.05) is 0 Å². The first kappa shape index (κ1) is 16.1. The Kier molecular flexibility index (Phi) is 4.07. The van der Waals surface area contributed by atoms with Crippen molar-refractivity contribution in [3.8, 4) is 0 Å². The SMILES string of the molecule is CCOC(=O)n1c(C(=O)c2cccn2C)c(N)c2ccc(Cl)cc21. The Morgan fingerprint density at radius 3 is 2.67 bits per heavy atom. The quantitative estimate of drug-likeness (QED) is 0.737. The summed E-state index contributed by atoms with van der Waals surface area (Å²) in [6.45, 7) is 1.87. The Morgan fingerprint density at radius 2 is 2.04 bits per heavy atom. The third kappa shape index (κ3) is 2.45. The molecule has 2 heterocycles. The minimum Gasteiger partial charge on any atom is -0.449 e. The Labute approximate surface area is 143 Å². The van der Waals surface area contributed by atoms with Gasteiger partial charge in [-0.1, -0.05) is 11.6 Å². The maximum Gasteiger partial charge on any atom is 0.419 e. The van der Waals surface area contributed by atoms with E-state index in [-0.39, 0.29) is 23.8 Å². The number of fused-ring (bicyclic) bond motifs is 1. The van der Waals surface area contributed by atoms with E-state index >= 15 is 0 Å². The standard InChI is InChI=1S/C17H16ClN3O3/c1-3-24-17(23)21-13-9-10(18)6-7-11(13)14(19)15(21)16(22)12-5-4-8-20(12)2/h4-9H,3,19H2,1-2H3. The topological polar surface area (TPSA) is 79.2 Å². The Balaban J connectivity index is 2.32. The van der Waals surface area contributed by atoms with Crippen molar-refractivity contribution in [1.29, 1.82) is 0 Å². The second-order valence-electron chi connectivity index (χ2n) is 5.29. The summed E-state index contributed by atoms with van der Waals surface area (Å²) in [5, 5.41) is 1.01. The van der Waals surface area contributed by atoms with Gasteiger partial charge in [0.25, 0.3) is 0 Å². The number of nitrogens with two attached hydrogens (primary N) is 1. The highest BCUT2D eigenvalue weighted by Crippen LogP contribution is 2.32. The van der Waals surface area contributed by atoms with E-state index in [2.05, 4.69) is 0 Å². The van der Waals surface area contributed by atoms with Crippen LogP contribution in [0.1, 0.15) is 23.1 Å². The Bertz CT molecular complexity index is 956. The molecule has 0 saturated carbocycles. The fraction of sp³-hybridized carbons (Fsp3) is 0.176. The zero-order chi connectivity index (χ0) is 17.4. The van der Waals surface area contributed by atoms with Gasteiger partial charge in [0.05, 0.1) is 23.5 Å². The van der Waals surface area contributed by atoms with Crippen LogP contribution in [0.4, 0.5) is 10.5 Å². The number of nitrogens with zero attached hydrogens (tertiary/aromatic N) is 2. The fourth-order valence-corrected chi connectivity index (χ4v) is 2.87. The molecule has 3 aromatic rings. The molecule has 2 N–H and O–H groups in total. The lowest BCUT2D eigenvalue weighted by molar-refractivity contribution is 0.101. The number of rotatable bonds is 3. The van der Waals surface area contributed by atoms with Crippen LogP contribution >= 0.6 is 11.6 Å². The van der Waals surface area contributed by atoms with Gasteiger partial charge in [-0.25, -0.2) is 9.36 Å². The van der Waals surface area contributed by atoms with Crippen LogP contribution in [0, 0.1) is 0 Å². The number of hydrogen-bond acceptors (Lipinski definition) is 4. The average Bonchev–Trinajstić information content (AvgIpc) is 3.08. The molecule has 7 heteroatoms. The summed E-state index contributed by atoms with van der Waals surface area (Å²) in [5.74, 6) is -0.361. The first-order chi connectivity index (χ1) is 11.5. The number of aromatic nitrogens is 2. The summed E-state index contributed by atoms with van der Waals surface area (Å²) in [6.07, 6.45) is 1.08. The minimum atomic E-state index is -0.668. The van der Waals surface area contributed by atoms with Crippen molar-refractivity contribution in [2.24, 2.45) is 7.05 Å². The van der Waals surface area contributed by atoms with Crippen molar-refractivity contribution >= 4 is 40.1 Å². The van der Waals surface area contributed by atoms with Crippen LogP contribution in [0.3, 0.4) is 0 Å². The van der Waals surface area contributed by atoms with Crippen LogP contribution in [-0.2, 0) is 11.8 Å². The fourth-order valence-electron chi connectivity index (χ4n) is 2.71. The van der Waals surface area contributed by atoms with E-state index < -0.39 is 6.09 Å². The number of ether oxygens (including phenoxy) is 1. The van der Waals surface area contributed by atoms with Crippen LogP contribution in [0.5, 0.6) is 0 Å². The van der Waals surface area contributed by atoms with Gasteiger partial charge in [0, 0.05) is 23.7 Å². The molecule has 0 saturated heterocycles. The van der Waals surface area contributed by atoms with Crippen molar-refractivity contribution in [3.05, 3.63) is 52.9 Å². The molecule has 0 atom stereocenters. The van der Waals surface area contributed by atoms with Gasteiger partial charge in [-0.2, -0.15) is 0 Å². The van der Waals surface area contributed by atoms with Gasteiger partial charge in [0.15, 0.2) is 0 Å². The van der Waals surface area contributed by atoms with Crippen LogP contribution < -0.4 is 5.73 Å². The lowest BCUT2D eigenvalue weighted by Gasteiger charge is -2.09. The van der Waals surface area contributed by atoms with E-state index in [0.717, 1.165) is 0 Å². The largest absolute Gasteiger partial charge is 0.449 e. The molecule has 0 bridgehead atoms. The highest BCUT2D eigenvalue weighted by molar-refractivity contribution is 6.31. The molecule has 0 spiro atoms. The van der Waals surface area contributed by atoms with Crippen molar-refractivity contribution in [3.63, 3.8) is 0 Å². The van der Waals surface area contributed by atoms with Gasteiger partial charge in [0.2, 0.25) is 5.78 Å². The zero-order valence-corrected chi connectivity index (χ0v) is 14.0. The number of carbonyl (C=O) groups is 2. The molecule has 0 unspecified atom stereocenters. The number of hydrogen-bond donors (Lipinski definition) is 1. The number of carbonyl (C=O) groups excluding carboxylic acids is 2. The van der Waals surface area contributed by atoms with Crippen molar-refractivity contribution in [1.82, 2.24) is 9.13 Å². The number of aryl methyl sites for hydroxylation is 1. The number of anilines is 1. The normalized spacial score (nSPS) is 11.0. The summed E-state index contributed by atoms with van der Waals surface area (Å²) < 4.78 is 7.95. The van der Waals surface area contributed by atoms with E-state index in [1.165, 1.54) is 4.57 Å². The second-order valence-corrected chi connectivity index (χ2v) is 5.73. The summed E-state index contributed by atoms with van der Waals surface area (Å²) in [6, 6.07) is 8.35. The maximum atomic E-state index is 13.0. The summed E-state index contributed by atoms with van der Waals surface area (Å²) in [7, 11) is 1.75. The highest BCUT2D eigenvalue weighted by atomic mass is 35.5. The summed E-state index contributed by atoms with van der Waals surface area (Å²) in [5.41, 5.74) is 7.34. The van der Waals surface area contributed by atoms with Gasteiger partial charge in [-0.05, 0) is 37.3 Å². The summed E-state index contributed by atoms with van der Waals surface area (Å²) in [4.78, 5) is 25.4. The van der Waals surface area contributed by atoms with Gasteiger partial charge in [-0.3, -0.25) is 4.79 Å². The molecule has 2 aromatic heterocycles. The van der Waals surface area contributed by atoms with Crippen molar-refractivity contribution < 1.29 is 14.3 Å². The van der Waals surface area contributed by atoms with E-state index in [4.69, 9.17) is 22.1 Å². The Morgan fingerprint density at radius 1 is 1.29 bits per heavy atom. The van der Waals surface area contributed by atoms with Crippen LogP contribution in [0.15, 0.2) is 36.5 Å². The number of nitrogen functional groups attached to an aromatic ring is 1. The second kappa shape index (κ2) is 6.05. The molecule has 0 aliphatic rings. The number of halogens is 1. The smallest absolute Gasteiger partial charge is 0.419 e. The lowest BCUT2D eigenvalue weighted by Crippen LogP contribution is -2.21. The predicted octanol–water partition coefficient (Wildman–Crippen LogP) is 3.45. The van der Waals surface area contributed by atoms with Gasteiger partial charge >= 0.3 is 6.09 Å². The first-order valence-corrected chi connectivity index (χ1v) is 7.76. The first-order valence-electron chi connectivity index (χ1n) is 7.38. The van der Waals surface area contributed by atoms with Gasteiger partial charge < -0.3 is 15.0 Å². The van der Waals surface area contributed by atoms with Gasteiger partial charge in [-0.15, -0.1) is 0 Å². The molecule has 0 aliphatic carbocycles. The third-order valence-electron chi connectivity index (χ3n) is 3.81.